The van der Waals surface area contributed by atoms with Crippen molar-refractivity contribution >= 4 is 11.6 Å². The fraction of sp³-hybridized carbons (Fsp3) is 0.500. The van der Waals surface area contributed by atoms with Gasteiger partial charge in [0.05, 0.1) is 12.1 Å². The van der Waals surface area contributed by atoms with Gasteiger partial charge in [-0.2, -0.15) is 13.2 Å². The van der Waals surface area contributed by atoms with E-state index in [1.165, 1.54) is 11.0 Å². The molecule has 0 bridgehead atoms. The molecular weight excluding hydrogens is 519 g/mol. The third-order valence-corrected chi connectivity index (χ3v) is 8.89. The van der Waals surface area contributed by atoms with E-state index in [4.69, 9.17) is 4.74 Å². The molecule has 1 atom stereocenters. The van der Waals surface area contributed by atoms with E-state index in [1.54, 1.807) is 18.5 Å². The normalized spacial score (nSPS) is 19.9. The molecule has 1 amide bonds. The van der Waals surface area contributed by atoms with Gasteiger partial charge >= 0.3 is 6.18 Å². The second-order valence-corrected chi connectivity index (χ2v) is 11.6. The minimum Gasteiger partial charge on any atom is -0.381 e. The highest BCUT2D eigenvalue weighted by molar-refractivity contribution is 6.10. The zero-order chi connectivity index (χ0) is 28.1. The number of alkyl halides is 3. The first-order valence-electron chi connectivity index (χ1n) is 13.9. The number of hydrogen-bond acceptors (Lipinski definition) is 5. The van der Waals surface area contributed by atoms with E-state index in [0.717, 1.165) is 43.5 Å². The fourth-order valence-electron chi connectivity index (χ4n) is 6.37. The van der Waals surface area contributed by atoms with E-state index in [1.807, 2.05) is 29.8 Å². The van der Waals surface area contributed by atoms with Gasteiger partial charge in [0.25, 0.3) is 5.91 Å². The lowest BCUT2D eigenvalue weighted by Crippen LogP contribution is -2.47. The predicted molar refractivity (Wildman–Crippen MR) is 144 cm³/mol. The molecule has 6 rings (SSSR count). The number of nitrogens with one attached hydrogen (secondary N) is 1. The molecule has 3 aromatic rings. The van der Waals surface area contributed by atoms with Crippen LogP contribution in [0, 0.1) is 5.92 Å². The highest BCUT2D eigenvalue weighted by Gasteiger charge is 2.41. The van der Waals surface area contributed by atoms with Gasteiger partial charge in [-0.3, -0.25) is 4.79 Å². The van der Waals surface area contributed by atoms with Crippen molar-refractivity contribution in [2.24, 2.45) is 13.0 Å². The molecule has 10 heteroatoms. The Morgan fingerprint density at radius 3 is 2.60 bits per heavy atom. The molecule has 0 spiro atoms. The Labute approximate surface area is 231 Å². The van der Waals surface area contributed by atoms with Crippen molar-refractivity contribution in [1.29, 1.82) is 0 Å². The van der Waals surface area contributed by atoms with Crippen molar-refractivity contribution in [2.75, 3.05) is 18.1 Å². The predicted octanol–water partition coefficient (Wildman–Crippen LogP) is 5.59. The smallest absolute Gasteiger partial charge is 0.381 e. The molecule has 1 saturated heterocycles. The van der Waals surface area contributed by atoms with Crippen molar-refractivity contribution in [3.8, 4) is 0 Å². The van der Waals surface area contributed by atoms with Gasteiger partial charge in [0.1, 0.15) is 12.2 Å². The summed E-state index contributed by atoms with van der Waals surface area (Å²) in [4.78, 5) is 15.1. The highest BCUT2D eigenvalue weighted by atomic mass is 19.4. The molecule has 2 aliphatic heterocycles. The van der Waals surface area contributed by atoms with Gasteiger partial charge in [-0.1, -0.05) is 12.1 Å². The maximum absolute atomic E-state index is 14.2. The third kappa shape index (κ3) is 5.03. The fourth-order valence-corrected chi connectivity index (χ4v) is 6.37. The highest BCUT2D eigenvalue weighted by Crippen LogP contribution is 2.42. The number of carbonyl (C=O) groups excluding carboxylic acids is 1. The molecule has 1 aliphatic carbocycles. The average Bonchev–Trinajstić information content (AvgIpc) is 3.49. The lowest BCUT2D eigenvalue weighted by Gasteiger charge is -2.39. The summed E-state index contributed by atoms with van der Waals surface area (Å²) < 4.78 is 50.2. The third-order valence-electron chi connectivity index (χ3n) is 8.89. The van der Waals surface area contributed by atoms with Crippen LogP contribution in [0.15, 0.2) is 42.7 Å². The summed E-state index contributed by atoms with van der Waals surface area (Å²) in [5.41, 5.74) is 1.39. The van der Waals surface area contributed by atoms with E-state index < -0.39 is 17.6 Å². The molecule has 212 valence electrons. The number of hydrogen-bond donors (Lipinski definition) is 1. The van der Waals surface area contributed by atoms with Gasteiger partial charge in [-0.15, -0.1) is 10.2 Å². The number of anilines is 1. The van der Waals surface area contributed by atoms with E-state index >= 15 is 0 Å². The number of rotatable bonds is 7. The van der Waals surface area contributed by atoms with Crippen molar-refractivity contribution < 1.29 is 22.7 Å². The zero-order valence-electron chi connectivity index (χ0n) is 22.8. The second-order valence-electron chi connectivity index (χ2n) is 11.6. The van der Waals surface area contributed by atoms with Gasteiger partial charge in [-0.05, 0) is 85.9 Å². The van der Waals surface area contributed by atoms with Gasteiger partial charge < -0.3 is 19.5 Å². The lowest BCUT2D eigenvalue weighted by atomic mass is 9.78. The zero-order valence-corrected chi connectivity index (χ0v) is 22.8. The summed E-state index contributed by atoms with van der Waals surface area (Å²) in [7, 11) is 1.91. The van der Waals surface area contributed by atoms with Crippen LogP contribution < -0.4 is 10.2 Å². The van der Waals surface area contributed by atoms with Crippen molar-refractivity contribution in [1.82, 2.24) is 20.1 Å². The quantitative estimate of drug-likeness (QED) is 0.413. The molecule has 3 heterocycles. The molecule has 1 aromatic heterocycles. The van der Waals surface area contributed by atoms with Gasteiger partial charge in [0, 0.05) is 49.5 Å². The number of nitrogens with zero attached hydrogens (tertiary/aromatic N) is 4. The van der Waals surface area contributed by atoms with Crippen molar-refractivity contribution in [2.45, 2.75) is 69.8 Å². The topological polar surface area (TPSA) is 72.3 Å². The monoisotopic (exact) mass is 553 g/mol. The van der Waals surface area contributed by atoms with E-state index in [-0.39, 0.29) is 35.0 Å². The number of benzene rings is 2. The average molecular weight is 554 g/mol. The SMILES string of the molecule is Cn1cnnc1[C@@H](c1cccc(N2Cc3c(cc(CNC4(C)CCC4)cc3C(F)(F)F)C2=O)c1)C1CCOCC1. The summed E-state index contributed by atoms with van der Waals surface area (Å²) >= 11 is 0. The minimum absolute atomic E-state index is 0.0378. The van der Waals surface area contributed by atoms with Crippen LogP contribution in [-0.2, 0) is 31.1 Å². The second kappa shape index (κ2) is 10.3. The van der Waals surface area contributed by atoms with Gasteiger partial charge in [0.2, 0.25) is 0 Å². The molecule has 3 aliphatic rings. The standard InChI is InChI=1S/C30H34F3N5O2/c1-29(9-4-10-29)34-16-19-13-23-24(25(14-19)30(31,32)33)17-38(28(23)39)22-6-3-5-21(15-22)26(20-7-11-40-12-8-20)27-36-35-18-37(27)2/h3,5-6,13-15,18,20,26,34H,4,7-12,16-17H2,1-2H3/t26-/m1/s1. The maximum atomic E-state index is 14.2. The summed E-state index contributed by atoms with van der Waals surface area (Å²) in [6.45, 7) is 3.58. The van der Waals surface area contributed by atoms with Crippen LogP contribution in [0.1, 0.15) is 83.4 Å². The summed E-state index contributed by atoms with van der Waals surface area (Å²) in [6.07, 6.45) is 1.94. The Morgan fingerprint density at radius 1 is 1.18 bits per heavy atom. The Bertz CT molecular complexity index is 1410. The number of ether oxygens (including phenoxy) is 1. The van der Waals surface area contributed by atoms with Crippen molar-refractivity contribution in [3.63, 3.8) is 0 Å². The van der Waals surface area contributed by atoms with E-state index in [2.05, 4.69) is 22.4 Å². The number of fused-ring (bicyclic) bond motifs is 1. The Kier molecular flexibility index (Phi) is 6.94. The number of aromatic nitrogens is 3. The molecular formula is C30H34F3N5O2. The number of amides is 1. The van der Waals surface area contributed by atoms with Gasteiger partial charge in [0.15, 0.2) is 0 Å². The van der Waals surface area contributed by atoms with Crippen molar-refractivity contribution in [3.05, 3.63) is 76.4 Å². The van der Waals surface area contributed by atoms with Crippen LogP contribution in [0.25, 0.3) is 0 Å². The van der Waals surface area contributed by atoms with Crippen LogP contribution in [-0.4, -0.2) is 39.4 Å². The number of halogens is 3. The van der Waals surface area contributed by atoms with Crippen LogP contribution in [0.3, 0.4) is 0 Å². The van der Waals surface area contributed by atoms with E-state index in [0.29, 0.717) is 31.0 Å². The molecule has 7 nitrogen and oxygen atoms in total. The number of carbonyl (C=O) groups is 1. The van der Waals surface area contributed by atoms with Crippen LogP contribution in [0.2, 0.25) is 0 Å². The first-order chi connectivity index (χ1) is 19.1. The summed E-state index contributed by atoms with van der Waals surface area (Å²) in [5, 5.41) is 11.9. The molecule has 0 radical (unpaired) electrons. The Morgan fingerprint density at radius 2 is 1.95 bits per heavy atom. The minimum atomic E-state index is -4.56. The van der Waals surface area contributed by atoms with Crippen LogP contribution in [0.5, 0.6) is 0 Å². The maximum Gasteiger partial charge on any atom is 0.416 e. The molecule has 0 unspecified atom stereocenters. The molecule has 2 aromatic carbocycles. The molecule has 1 saturated carbocycles. The van der Waals surface area contributed by atoms with Crippen LogP contribution in [0.4, 0.5) is 18.9 Å². The Hall–Kier alpha value is -3.24. The van der Waals surface area contributed by atoms with E-state index in [9.17, 15) is 18.0 Å². The summed E-state index contributed by atoms with van der Waals surface area (Å²) in [6, 6.07) is 10.4. The molecule has 2 fully saturated rings. The largest absolute Gasteiger partial charge is 0.416 e. The number of aryl methyl sites for hydroxylation is 1. The first-order valence-corrected chi connectivity index (χ1v) is 13.9. The molecule has 40 heavy (non-hydrogen) atoms. The lowest BCUT2D eigenvalue weighted by molar-refractivity contribution is -0.138. The first kappa shape index (κ1) is 27.0. The summed E-state index contributed by atoms with van der Waals surface area (Å²) in [5.74, 6) is 0.600. The van der Waals surface area contributed by atoms with Crippen LogP contribution >= 0.6 is 0 Å². The van der Waals surface area contributed by atoms with Gasteiger partial charge in [-0.25, -0.2) is 0 Å². The Balaban J connectivity index is 1.33. The molecule has 1 N–H and O–H groups in total.